The van der Waals surface area contributed by atoms with Gasteiger partial charge in [-0.2, -0.15) is 0 Å². The molecule has 0 N–H and O–H groups in total. The third-order valence-electron chi connectivity index (χ3n) is 3.91. The van der Waals surface area contributed by atoms with Gasteiger partial charge in [-0.05, 0) is 31.0 Å². The number of hydrogen-bond donors (Lipinski definition) is 0. The van der Waals surface area contributed by atoms with Gasteiger partial charge in [0.05, 0.1) is 12.8 Å². The van der Waals surface area contributed by atoms with Crippen LogP contribution in [0.15, 0.2) is 45.7 Å². The normalized spacial score (nSPS) is 16.3. The minimum atomic E-state index is 0.144. The summed E-state index contributed by atoms with van der Waals surface area (Å²) in [6.07, 6.45) is 6.92. The molecule has 0 atom stereocenters. The van der Waals surface area contributed by atoms with Gasteiger partial charge in [0.2, 0.25) is 5.89 Å². The quantitative estimate of drug-likeness (QED) is 0.704. The van der Waals surface area contributed by atoms with Crippen LogP contribution < -0.4 is 4.74 Å². The van der Waals surface area contributed by atoms with E-state index in [0.717, 1.165) is 25.9 Å². The number of piperidine rings is 1. The Morgan fingerprint density at radius 2 is 1.96 bits per heavy atom. The summed E-state index contributed by atoms with van der Waals surface area (Å²) in [7, 11) is 0. The molecule has 8 heteroatoms. The number of likely N-dealkylation sites (tertiary alicyclic amines) is 1. The fourth-order valence-corrected chi connectivity index (χ4v) is 2.69. The topological polar surface area (TPSA) is 90.3 Å². The molecule has 1 fully saturated rings. The average molecular weight is 327 g/mol. The molecule has 4 heterocycles. The van der Waals surface area contributed by atoms with Crippen LogP contribution in [-0.2, 0) is 6.54 Å². The van der Waals surface area contributed by atoms with Gasteiger partial charge in [-0.1, -0.05) is 0 Å². The van der Waals surface area contributed by atoms with Crippen molar-refractivity contribution in [1.82, 2.24) is 25.1 Å². The Morgan fingerprint density at radius 1 is 1.12 bits per heavy atom. The molecule has 3 aromatic rings. The Morgan fingerprint density at radius 3 is 2.71 bits per heavy atom. The first-order valence-electron chi connectivity index (χ1n) is 7.89. The van der Waals surface area contributed by atoms with Gasteiger partial charge in [0, 0.05) is 25.5 Å². The molecular formula is C16H17N5O3. The molecule has 8 nitrogen and oxygen atoms in total. The molecule has 0 radical (unpaired) electrons. The highest BCUT2D eigenvalue weighted by molar-refractivity contribution is 5.42. The second kappa shape index (κ2) is 6.79. The molecule has 0 unspecified atom stereocenters. The van der Waals surface area contributed by atoms with Crippen molar-refractivity contribution in [3.05, 3.63) is 42.7 Å². The van der Waals surface area contributed by atoms with E-state index in [9.17, 15) is 0 Å². The lowest BCUT2D eigenvalue weighted by atomic mass is 10.1. The number of ether oxygens (including phenoxy) is 1. The highest BCUT2D eigenvalue weighted by atomic mass is 16.5. The monoisotopic (exact) mass is 327 g/mol. The third-order valence-corrected chi connectivity index (χ3v) is 3.91. The van der Waals surface area contributed by atoms with Gasteiger partial charge in [0.15, 0.2) is 5.76 Å². The first-order valence-corrected chi connectivity index (χ1v) is 7.89. The van der Waals surface area contributed by atoms with Gasteiger partial charge in [0.25, 0.3) is 5.89 Å². The summed E-state index contributed by atoms with van der Waals surface area (Å²) in [5, 5.41) is 8.10. The predicted octanol–water partition coefficient (Wildman–Crippen LogP) is 2.16. The molecule has 1 aliphatic rings. The summed E-state index contributed by atoms with van der Waals surface area (Å²) >= 11 is 0. The molecule has 0 saturated carbocycles. The zero-order chi connectivity index (χ0) is 16.2. The van der Waals surface area contributed by atoms with Crippen LogP contribution in [0.5, 0.6) is 6.01 Å². The average Bonchev–Trinajstić information content (AvgIpc) is 3.29. The van der Waals surface area contributed by atoms with Gasteiger partial charge >= 0.3 is 6.01 Å². The van der Waals surface area contributed by atoms with Crippen molar-refractivity contribution in [3.63, 3.8) is 0 Å². The van der Waals surface area contributed by atoms with Crippen molar-refractivity contribution in [1.29, 1.82) is 0 Å². The first kappa shape index (κ1) is 14.8. The summed E-state index contributed by atoms with van der Waals surface area (Å²) in [4.78, 5) is 10.5. The van der Waals surface area contributed by atoms with Crippen LogP contribution in [0.3, 0.4) is 0 Å². The number of rotatable bonds is 5. The van der Waals surface area contributed by atoms with E-state index >= 15 is 0 Å². The van der Waals surface area contributed by atoms with E-state index in [2.05, 4.69) is 25.1 Å². The van der Waals surface area contributed by atoms with Crippen LogP contribution in [0, 0.1) is 0 Å². The second-order valence-corrected chi connectivity index (χ2v) is 5.60. The van der Waals surface area contributed by atoms with Gasteiger partial charge in [-0.3, -0.25) is 4.90 Å². The zero-order valence-electron chi connectivity index (χ0n) is 13.0. The van der Waals surface area contributed by atoms with Crippen LogP contribution in [0.2, 0.25) is 0 Å². The Kier molecular flexibility index (Phi) is 4.20. The maximum atomic E-state index is 5.79. The summed E-state index contributed by atoms with van der Waals surface area (Å²) < 4.78 is 16.7. The zero-order valence-corrected chi connectivity index (χ0v) is 13.0. The molecule has 0 spiro atoms. The Bertz CT molecular complexity index is 751. The Labute approximate surface area is 138 Å². The molecule has 124 valence electrons. The molecule has 1 saturated heterocycles. The molecule has 24 heavy (non-hydrogen) atoms. The van der Waals surface area contributed by atoms with E-state index in [1.54, 1.807) is 36.9 Å². The number of nitrogens with zero attached hydrogens (tertiary/aromatic N) is 5. The lowest BCUT2D eigenvalue weighted by Gasteiger charge is -2.30. The van der Waals surface area contributed by atoms with E-state index < -0.39 is 0 Å². The van der Waals surface area contributed by atoms with Crippen LogP contribution in [0.1, 0.15) is 18.7 Å². The summed E-state index contributed by atoms with van der Waals surface area (Å²) in [6.45, 7) is 2.42. The van der Waals surface area contributed by atoms with Crippen molar-refractivity contribution < 1.29 is 13.6 Å². The van der Waals surface area contributed by atoms with E-state index in [1.165, 1.54) is 0 Å². The third kappa shape index (κ3) is 3.43. The fourth-order valence-electron chi connectivity index (χ4n) is 2.69. The molecule has 0 amide bonds. The SMILES string of the molecule is c1cnc(OC2CCN(Cc3nnc(-c4ccco4)o3)CC2)nc1. The highest BCUT2D eigenvalue weighted by Crippen LogP contribution is 2.20. The molecular weight excluding hydrogens is 310 g/mol. The van der Waals surface area contributed by atoms with Crippen LogP contribution in [0.4, 0.5) is 0 Å². The van der Waals surface area contributed by atoms with Gasteiger partial charge < -0.3 is 13.6 Å². The van der Waals surface area contributed by atoms with Crippen LogP contribution in [0.25, 0.3) is 11.7 Å². The minimum absolute atomic E-state index is 0.144. The standard InChI is InChI=1S/C16H17N5O3/c1-3-13(22-10-1)15-20-19-14(24-15)11-21-8-4-12(5-9-21)23-16-17-6-2-7-18-16/h1-3,6-7,10,12H,4-5,8-9,11H2. The Hall–Kier alpha value is -2.74. The van der Waals surface area contributed by atoms with Gasteiger partial charge in [0.1, 0.15) is 6.10 Å². The van der Waals surface area contributed by atoms with Crippen molar-refractivity contribution in [2.45, 2.75) is 25.5 Å². The maximum Gasteiger partial charge on any atom is 0.316 e. The molecule has 0 aromatic carbocycles. The van der Waals surface area contributed by atoms with Crippen LogP contribution >= 0.6 is 0 Å². The second-order valence-electron chi connectivity index (χ2n) is 5.60. The van der Waals surface area contributed by atoms with Crippen molar-refractivity contribution in [3.8, 4) is 17.7 Å². The van der Waals surface area contributed by atoms with Gasteiger partial charge in [-0.15, -0.1) is 10.2 Å². The summed E-state index contributed by atoms with van der Waals surface area (Å²) in [5.41, 5.74) is 0. The molecule has 0 bridgehead atoms. The minimum Gasteiger partial charge on any atom is -0.460 e. The number of aromatic nitrogens is 4. The number of hydrogen-bond acceptors (Lipinski definition) is 8. The highest BCUT2D eigenvalue weighted by Gasteiger charge is 2.23. The largest absolute Gasteiger partial charge is 0.460 e. The van der Waals surface area contributed by atoms with Gasteiger partial charge in [-0.25, -0.2) is 9.97 Å². The maximum absolute atomic E-state index is 5.79. The summed E-state index contributed by atoms with van der Waals surface area (Å²) in [5.74, 6) is 1.59. The van der Waals surface area contributed by atoms with E-state index in [-0.39, 0.29) is 6.10 Å². The Balaban J connectivity index is 1.29. The lowest BCUT2D eigenvalue weighted by Crippen LogP contribution is -2.38. The predicted molar refractivity (Wildman–Crippen MR) is 83.0 cm³/mol. The lowest BCUT2D eigenvalue weighted by molar-refractivity contribution is 0.0848. The van der Waals surface area contributed by atoms with Crippen molar-refractivity contribution in [2.75, 3.05) is 13.1 Å². The van der Waals surface area contributed by atoms with Crippen molar-refractivity contribution in [2.24, 2.45) is 0 Å². The summed E-state index contributed by atoms with van der Waals surface area (Å²) in [6, 6.07) is 5.80. The van der Waals surface area contributed by atoms with E-state index in [0.29, 0.717) is 30.1 Å². The molecule has 3 aromatic heterocycles. The first-order chi connectivity index (χ1) is 11.9. The van der Waals surface area contributed by atoms with E-state index in [4.69, 9.17) is 13.6 Å². The molecule has 0 aliphatic carbocycles. The smallest absolute Gasteiger partial charge is 0.316 e. The molecule has 1 aliphatic heterocycles. The van der Waals surface area contributed by atoms with Crippen molar-refractivity contribution >= 4 is 0 Å². The van der Waals surface area contributed by atoms with Crippen LogP contribution in [-0.4, -0.2) is 44.3 Å². The van der Waals surface area contributed by atoms with E-state index in [1.807, 2.05) is 0 Å². The number of furan rings is 1. The molecule has 4 rings (SSSR count). The fraction of sp³-hybridized carbons (Fsp3) is 0.375.